The SMILES string of the molecule is CCCCCCCCCCCCCCC/C=C/CC/C=C/CC/C=C/CCCC(O)C(O)C(COC1OC(CO)C(O)C(O)C1O)NC(=O)C(O)CCCCCCCCCCCCCCCCCCCCCCCCCCC. The molecule has 11 nitrogen and oxygen atoms in total. The molecule has 1 fully saturated rings. The van der Waals surface area contributed by atoms with E-state index in [1.54, 1.807) is 0 Å². The number of aliphatic hydroxyl groups excluding tert-OH is 7. The van der Waals surface area contributed by atoms with Crippen LogP contribution >= 0.6 is 0 Å². The molecule has 460 valence electrons. The maximum Gasteiger partial charge on any atom is 0.249 e. The number of hydrogen-bond acceptors (Lipinski definition) is 10. The summed E-state index contributed by atoms with van der Waals surface area (Å²) in [5, 5.41) is 76.4. The predicted molar refractivity (Wildman–Crippen MR) is 325 cm³/mol. The minimum atomic E-state index is -1.67. The summed E-state index contributed by atoms with van der Waals surface area (Å²) in [4.78, 5) is 13.2. The molecule has 0 aromatic heterocycles. The van der Waals surface area contributed by atoms with E-state index in [1.165, 1.54) is 225 Å². The van der Waals surface area contributed by atoms with Crippen molar-refractivity contribution in [3.8, 4) is 0 Å². The molecule has 0 aliphatic carbocycles. The average molecular weight is 1110 g/mol. The van der Waals surface area contributed by atoms with Crippen molar-refractivity contribution in [3.05, 3.63) is 36.5 Å². The topological polar surface area (TPSA) is 189 Å². The Morgan fingerprint density at radius 3 is 1.14 bits per heavy atom. The molecule has 0 saturated carbocycles. The van der Waals surface area contributed by atoms with Crippen LogP contribution in [0.1, 0.15) is 316 Å². The molecule has 1 aliphatic heterocycles. The minimum absolute atomic E-state index is 0.243. The second kappa shape index (κ2) is 55.8. The van der Waals surface area contributed by atoms with Crippen molar-refractivity contribution in [2.75, 3.05) is 13.2 Å². The molecule has 0 aromatic rings. The monoisotopic (exact) mass is 1110 g/mol. The fourth-order valence-electron chi connectivity index (χ4n) is 10.8. The molecule has 8 N–H and O–H groups in total. The first kappa shape index (κ1) is 74.3. The first-order valence-corrected chi connectivity index (χ1v) is 33.4. The van der Waals surface area contributed by atoms with E-state index in [0.29, 0.717) is 19.3 Å². The number of unbranched alkanes of at least 4 members (excludes halogenated alkanes) is 40. The van der Waals surface area contributed by atoms with Crippen molar-refractivity contribution < 1.29 is 50.0 Å². The van der Waals surface area contributed by atoms with Crippen molar-refractivity contribution in [3.63, 3.8) is 0 Å². The molecule has 1 aliphatic rings. The zero-order valence-corrected chi connectivity index (χ0v) is 50.7. The first-order chi connectivity index (χ1) is 38.2. The summed E-state index contributed by atoms with van der Waals surface area (Å²) in [5.74, 6) is -0.707. The summed E-state index contributed by atoms with van der Waals surface area (Å²) >= 11 is 0. The van der Waals surface area contributed by atoms with E-state index < -0.39 is 74.2 Å². The summed E-state index contributed by atoms with van der Waals surface area (Å²) in [6.45, 7) is 3.48. The van der Waals surface area contributed by atoms with Gasteiger partial charge in [-0.1, -0.05) is 288 Å². The van der Waals surface area contributed by atoms with Crippen molar-refractivity contribution in [2.24, 2.45) is 0 Å². The van der Waals surface area contributed by atoms with Crippen molar-refractivity contribution in [2.45, 2.75) is 371 Å². The summed E-state index contributed by atoms with van der Waals surface area (Å²) in [6, 6.07) is -1.19. The number of rotatable bonds is 58. The second-order valence-corrected chi connectivity index (χ2v) is 23.5. The van der Waals surface area contributed by atoms with Crippen LogP contribution < -0.4 is 5.32 Å². The second-order valence-electron chi connectivity index (χ2n) is 23.5. The number of amides is 1. The van der Waals surface area contributed by atoms with Gasteiger partial charge in [0.25, 0.3) is 0 Å². The smallest absolute Gasteiger partial charge is 0.249 e. The third-order valence-corrected chi connectivity index (χ3v) is 16.2. The van der Waals surface area contributed by atoms with Crippen LogP contribution in [-0.4, -0.2) is 110 Å². The normalized spacial score (nSPS) is 19.6. The third kappa shape index (κ3) is 43.1. The average Bonchev–Trinajstić information content (AvgIpc) is 3.46. The van der Waals surface area contributed by atoms with Crippen molar-refractivity contribution in [1.82, 2.24) is 5.32 Å². The standard InChI is InChI=1S/C67H127NO10/c1-3-5-7-9-11-13-15-17-19-21-23-25-27-29-31-32-34-36-38-40-42-44-46-48-50-52-54-59(70)62(72)58(57-77-67-65(75)64(74)63(73)61(56-69)78-67)68-66(76)60(71)55-53-51-49-47-45-43-41-39-37-35-33-30-28-26-24-22-20-18-16-14-12-10-8-6-4-2/h31-32,38,40,46,48,58-65,67,69-75H,3-30,33-37,39,41-45,47,49-57H2,1-2H3,(H,68,76)/b32-31+,40-38+,48-46+. The lowest BCUT2D eigenvalue weighted by Crippen LogP contribution is -2.60. The Hall–Kier alpha value is -1.67. The van der Waals surface area contributed by atoms with Gasteiger partial charge in [-0.25, -0.2) is 0 Å². The number of hydrogen-bond donors (Lipinski definition) is 8. The molecule has 11 heteroatoms. The quantitative estimate of drug-likeness (QED) is 0.0215. The van der Waals surface area contributed by atoms with Crippen LogP contribution in [0, 0.1) is 0 Å². The lowest BCUT2D eigenvalue weighted by Gasteiger charge is -2.40. The molecule has 1 rings (SSSR count). The molecule has 0 spiro atoms. The molecular formula is C67H127NO10. The molecule has 1 amide bonds. The zero-order chi connectivity index (χ0) is 56.8. The predicted octanol–water partition coefficient (Wildman–Crippen LogP) is 15.4. The molecule has 9 atom stereocenters. The molecule has 0 bridgehead atoms. The van der Waals surface area contributed by atoms with Crippen LogP contribution in [0.15, 0.2) is 36.5 Å². The molecule has 9 unspecified atom stereocenters. The van der Waals surface area contributed by atoms with Gasteiger partial charge in [0.2, 0.25) is 5.91 Å². The first-order valence-electron chi connectivity index (χ1n) is 33.4. The molecule has 78 heavy (non-hydrogen) atoms. The number of allylic oxidation sites excluding steroid dienone is 6. The summed E-state index contributed by atoms with van der Waals surface area (Å²) in [6.07, 6.45) is 59.3. The Kier molecular flexibility index (Phi) is 53.2. The van der Waals surface area contributed by atoms with Crippen LogP contribution in [0.3, 0.4) is 0 Å². The van der Waals surface area contributed by atoms with Gasteiger partial charge in [-0.2, -0.15) is 0 Å². The van der Waals surface area contributed by atoms with Crippen LogP contribution in [0.2, 0.25) is 0 Å². The summed E-state index contributed by atoms with van der Waals surface area (Å²) < 4.78 is 11.2. The number of carbonyl (C=O) groups is 1. The number of ether oxygens (including phenoxy) is 2. The van der Waals surface area contributed by atoms with Crippen LogP contribution in [-0.2, 0) is 14.3 Å². The van der Waals surface area contributed by atoms with Gasteiger partial charge in [0.1, 0.15) is 36.6 Å². The van der Waals surface area contributed by atoms with E-state index in [0.717, 1.165) is 44.9 Å². The largest absolute Gasteiger partial charge is 0.394 e. The third-order valence-electron chi connectivity index (χ3n) is 16.2. The number of nitrogens with one attached hydrogen (secondary N) is 1. The Balaban J connectivity index is 2.27. The van der Waals surface area contributed by atoms with E-state index in [9.17, 15) is 40.5 Å². The highest BCUT2D eigenvalue weighted by molar-refractivity contribution is 5.80. The van der Waals surface area contributed by atoms with E-state index in [1.807, 2.05) is 0 Å². The highest BCUT2D eigenvalue weighted by atomic mass is 16.7. The van der Waals surface area contributed by atoms with E-state index in [4.69, 9.17) is 9.47 Å². The lowest BCUT2D eigenvalue weighted by molar-refractivity contribution is -0.303. The van der Waals surface area contributed by atoms with Crippen molar-refractivity contribution in [1.29, 1.82) is 0 Å². The summed E-state index contributed by atoms with van der Waals surface area (Å²) in [5.41, 5.74) is 0. The minimum Gasteiger partial charge on any atom is -0.394 e. The molecule has 1 saturated heterocycles. The van der Waals surface area contributed by atoms with Gasteiger partial charge in [-0.15, -0.1) is 0 Å². The highest BCUT2D eigenvalue weighted by Gasteiger charge is 2.44. The maximum atomic E-state index is 13.2. The number of carbonyl (C=O) groups excluding carboxylic acids is 1. The van der Waals surface area contributed by atoms with E-state index in [2.05, 4.69) is 55.6 Å². The van der Waals surface area contributed by atoms with Crippen LogP contribution in [0.4, 0.5) is 0 Å². The van der Waals surface area contributed by atoms with E-state index >= 15 is 0 Å². The van der Waals surface area contributed by atoms with Gasteiger partial charge in [-0.05, 0) is 64.2 Å². The lowest BCUT2D eigenvalue weighted by atomic mass is 9.98. The Morgan fingerprint density at radius 1 is 0.436 bits per heavy atom. The Morgan fingerprint density at radius 2 is 0.769 bits per heavy atom. The van der Waals surface area contributed by atoms with Crippen LogP contribution in [0.25, 0.3) is 0 Å². The zero-order valence-electron chi connectivity index (χ0n) is 50.7. The fraction of sp³-hybridized carbons (Fsp3) is 0.896. The fourth-order valence-corrected chi connectivity index (χ4v) is 10.8. The molecule has 0 aromatic carbocycles. The highest BCUT2D eigenvalue weighted by Crippen LogP contribution is 2.24. The van der Waals surface area contributed by atoms with Gasteiger partial charge < -0.3 is 50.5 Å². The van der Waals surface area contributed by atoms with Crippen molar-refractivity contribution >= 4 is 5.91 Å². The Labute approximate surface area is 479 Å². The van der Waals surface area contributed by atoms with Crippen LogP contribution in [0.5, 0.6) is 0 Å². The summed E-state index contributed by atoms with van der Waals surface area (Å²) in [7, 11) is 0. The number of aliphatic hydroxyl groups is 7. The molecule has 1 heterocycles. The molecular weight excluding hydrogens is 979 g/mol. The van der Waals surface area contributed by atoms with Gasteiger partial charge >= 0.3 is 0 Å². The van der Waals surface area contributed by atoms with Gasteiger partial charge in [0.15, 0.2) is 6.29 Å². The molecule has 0 radical (unpaired) electrons. The maximum absolute atomic E-state index is 13.2. The van der Waals surface area contributed by atoms with Gasteiger partial charge in [0, 0.05) is 0 Å². The van der Waals surface area contributed by atoms with Gasteiger partial charge in [0.05, 0.1) is 25.4 Å². The van der Waals surface area contributed by atoms with Gasteiger partial charge in [-0.3, -0.25) is 4.79 Å². The Bertz CT molecular complexity index is 1360. The van der Waals surface area contributed by atoms with E-state index in [-0.39, 0.29) is 12.8 Å².